The minimum absolute atomic E-state index is 0.144. The van der Waals surface area contributed by atoms with Crippen molar-refractivity contribution in [3.63, 3.8) is 0 Å². The highest BCUT2D eigenvalue weighted by molar-refractivity contribution is 5.97. The van der Waals surface area contributed by atoms with Crippen LogP contribution in [-0.4, -0.2) is 33.1 Å². The molecular weight excluding hydrogens is 451 g/mol. The Morgan fingerprint density at radius 1 is 0.943 bits per heavy atom. The second-order valence-corrected chi connectivity index (χ2v) is 7.72. The summed E-state index contributed by atoms with van der Waals surface area (Å²) in [7, 11) is 0. The van der Waals surface area contributed by atoms with E-state index in [-0.39, 0.29) is 11.3 Å². The van der Waals surface area contributed by atoms with E-state index in [0.717, 1.165) is 17.2 Å². The molecule has 0 saturated heterocycles. The zero-order valence-electron chi connectivity index (χ0n) is 18.3. The van der Waals surface area contributed by atoms with Crippen molar-refractivity contribution in [2.75, 3.05) is 5.32 Å². The standard InChI is InChI=1S/C26H21FN4O4/c27-21-13-19(11-12-20(21)18-14-28-25(33)29-15-18)30-24(32)23(31-26(34)35)22(16-7-3-1-4-8-16)17-9-5-2-6-10-17/h1-15,22-23,31H,(H,30,32)(H,34,35)(H,28,29,33). The molecule has 0 aliphatic carbocycles. The van der Waals surface area contributed by atoms with Crippen molar-refractivity contribution in [3.05, 3.63) is 119 Å². The summed E-state index contributed by atoms with van der Waals surface area (Å²) in [5, 5.41) is 14.4. The lowest BCUT2D eigenvalue weighted by Crippen LogP contribution is -2.47. The van der Waals surface area contributed by atoms with Gasteiger partial charge in [0.05, 0.1) is 0 Å². The third kappa shape index (κ3) is 5.59. The first-order valence-electron chi connectivity index (χ1n) is 10.7. The van der Waals surface area contributed by atoms with E-state index in [1.807, 2.05) is 36.4 Å². The van der Waals surface area contributed by atoms with Crippen LogP contribution >= 0.6 is 0 Å². The molecule has 4 rings (SSSR count). The summed E-state index contributed by atoms with van der Waals surface area (Å²) in [4.78, 5) is 42.1. The van der Waals surface area contributed by atoms with Gasteiger partial charge < -0.3 is 20.7 Å². The Morgan fingerprint density at radius 3 is 2.09 bits per heavy atom. The molecule has 1 aromatic heterocycles. The highest BCUT2D eigenvalue weighted by atomic mass is 19.1. The predicted molar refractivity (Wildman–Crippen MR) is 129 cm³/mol. The van der Waals surface area contributed by atoms with Gasteiger partial charge in [-0.3, -0.25) is 4.79 Å². The number of amides is 2. The third-order valence-corrected chi connectivity index (χ3v) is 5.43. The van der Waals surface area contributed by atoms with E-state index in [1.54, 1.807) is 24.3 Å². The van der Waals surface area contributed by atoms with Crippen molar-refractivity contribution < 1.29 is 19.1 Å². The second-order valence-electron chi connectivity index (χ2n) is 7.72. The number of H-pyrrole nitrogens is 1. The normalized spacial score (nSPS) is 11.6. The van der Waals surface area contributed by atoms with Gasteiger partial charge in [0.2, 0.25) is 5.91 Å². The van der Waals surface area contributed by atoms with Crippen molar-refractivity contribution >= 4 is 17.7 Å². The molecule has 4 N–H and O–H groups in total. The van der Waals surface area contributed by atoms with Gasteiger partial charge in [-0.2, -0.15) is 0 Å². The maximum absolute atomic E-state index is 14.8. The zero-order chi connectivity index (χ0) is 24.8. The summed E-state index contributed by atoms with van der Waals surface area (Å²) in [5.74, 6) is -1.94. The number of benzene rings is 3. The van der Waals surface area contributed by atoms with Crippen molar-refractivity contribution in [3.8, 4) is 11.1 Å². The monoisotopic (exact) mass is 472 g/mol. The molecular formula is C26H21FN4O4. The number of hydrogen-bond acceptors (Lipinski definition) is 4. The summed E-state index contributed by atoms with van der Waals surface area (Å²) in [6, 6.07) is 21.0. The van der Waals surface area contributed by atoms with Crippen LogP contribution in [0.25, 0.3) is 11.1 Å². The molecule has 3 aromatic carbocycles. The van der Waals surface area contributed by atoms with Crippen molar-refractivity contribution in [1.82, 2.24) is 15.3 Å². The molecule has 35 heavy (non-hydrogen) atoms. The average molecular weight is 472 g/mol. The lowest BCUT2D eigenvalue weighted by molar-refractivity contribution is -0.118. The Balaban J connectivity index is 1.66. The molecule has 8 nitrogen and oxygen atoms in total. The molecule has 176 valence electrons. The van der Waals surface area contributed by atoms with Crippen molar-refractivity contribution in [1.29, 1.82) is 0 Å². The molecule has 0 radical (unpaired) electrons. The molecule has 1 heterocycles. The van der Waals surface area contributed by atoms with Crippen LogP contribution < -0.4 is 16.3 Å². The van der Waals surface area contributed by atoms with E-state index in [0.29, 0.717) is 5.56 Å². The Labute approximate surface area is 199 Å². The lowest BCUT2D eigenvalue weighted by atomic mass is 9.84. The molecule has 9 heteroatoms. The molecule has 1 atom stereocenters. The summed E-state index contributed by atoms with van der Waals surface area (Å²) in [5.41, 5.74) is 1.60. The zero-order valence-corrected chi connectivity index (χ0v) is 18.3. The molecule has 0 fully saturated rings. The van der Waals surface area contributed by atoms with E-state index < -0.39 is 35.5 Å². The van der Waals surface area contributed by atoms with E-state index in [2.05, 4.69) is 20.6 Å². The lowest BCUT2D eigenvalue weighted by Gasteiger charge is -2.27. The number of carbonyl (C=O) groups excluding carboxylic acids is 1. The van der Waals surface area contributed by atoms with Gasteiger partial charge in [0.15, 0.2) is 0 Å². The number of hydrogen-bond donors (Lipinski definition) is 4. The number of aromatic amines is 1. The summed E-state index contributed by atoms with van der Waals surface area (Å²) < 4.78 is 14.8. The summed E-state index contributed by atoms with van der Waals surface area (Å²) in [6.45, 7) is 0. The minimum Gasteiger partial charge on any atom is -0.465 e. The molecule has 0 aliphatic rings. The Morgan fingerprint density at radius 2 is 1.57 bits per heavy atom. The minimum atomic E-state index is -1.37. The number of carbonyl (C=O) groups is 2. The van der Waals surface area contributed by atoms with Crippen LogP contribution in [-0.2, 0) is 4.79 Å². The van der Waals surface area contributed by atoms with Crippen LogP contribution in [0.5, 0.6) is 0 Å². The van der Waals surface area contributed by atoms with E-state index in [1.165, 1.54) is 24.5 Å². The van der Waals surface area contributed by atoms with E-state index in [4.69, 9.17) is 0 Å². The fraction of sp³-hybridized carbons (Fsp3) is 0.0769. The van der Waals surface area contributed by atoms with Gasteiger partial charge in [-0.05, 0) is 29.3 Å². The molecule has 4 aromatic rings. The van der Waals surface area contributed by atoms with Crippen LogP contribution in [0.3, 0.4) is 0 Å². The first kappa shape index (κ1) is 23.4. The largest absolute Gasteiger partial charge is 0.465 e. The highest BCUT2D eigenvalue weighted by Gasteiger charge is 2.32. The number of rotatable bonds is 7. The number of anilines is 1. The van der Waals surface area contributed by atoms with Gasteiger partial charge in [0, 0.05) is 35.1 Å². The average Bonchev–Trinajstić information content (AvgIpc) is 2.85. The van der Waals surface area contributed by atoms with Gasteiger partial charge in [0.1, 0.15) is 11.9 Å². The van der Waals surface area contributed by atoms with Crippen molar-refractivity contribution in [2.24, 2.45) is 0 Å². The Bertz CT molecular complexity index is 1330. The van der Waals surface area contributed by atoms with Crippen LogP contribution in [0.15, 0.2) is 96.1 Å². The smallest absolute Gasteiger partial charge is 0.405 e. The van der Waals surface area contributed by atoms with E-state index >= 15 is 0 Å². The van der Waals surface area contributed by atoms with E-state index in [9.17, 15) is 23.9 Å². The van der Waals surface area contributed by atoms with Crippen LogP contribution in [0.4, 0.5) is 14.9 Å². The summed E-state index contributed by atoms with van der Waals surface area (Å²) >= 11 is 0. The molecule has 0 aliphatic heterocycles. The molecule has 0 saturated carbocycles. The molecule has 0 spiro atoms. The van der Waals surface area contributed by atoms with Gasteiger partial charge >= 0.3 is 11.8 Å². The maximum Gasteiger partial charge on any atom is 0.405 e. The van der Waals surface area contributed by atoms with Crippen LogP contribution in [0.2, 0.25) is 0 Å². The fourth-order valence-electron chi connectivity index (χ4n) is 3.87. The Hall–Kier alpha value is -4.79. The Kier molecular flexibility index (Phi) is 6.96. The quantitative estimate of drug-likeness (QED) is 0.324. The number of nitrogens with zero attached hydrogens (tertiary/aromatic N) is 1. The van der Waals surface area contributed by atoms with Gasteiger partial charge in [-0.1, -0.05) is 60.7 Å². The van der Waals surface area contributed by atoms with Crippen LogP contribution in [0, 0.1) is 5.82 Å². The number of nitrogens with one attached hydrogen (secondary N) is 3. The topological polar surface area (TPSA) is 124 Å². The first-order chi connectivity index (χ1) is 16.9. The molecule has 1 unspecified atom stereocenters. The molecule has 0 bridgehead atoms. The highest BCUT2D eigenvalue weighted by Crippen LogP contribution is 2.30. The second kappa shape index (κ2) is 10.4. The number of carboxylic acid groups (broad SMARTS) is 1. The van der Waals surface area contributed by atoms with Crippen LogP contribution in [0.1, 0.15) is 17.0 Å². The SMILES string of the molecule is O=C(O)NC(C(=O)Nc1ccc(-c2cnc(=O)[nH]c2)c(F)c1)C(c1ccccc1)c1ccccc1. The maximum atomic E-state index is 14.8. The van der Waals surface area contributed by atoms with Gasteiger partial charge in [-0.15, -0.1) is 0 Å². The number of aromatic nitrogens is 2. The molecule has 2 amide bonds. The van der Waals surface area contributed by atoms with Gasteiger partial charge in [0.25, 0.3) is 0 Å². The fourth-order valence-corrected chi connectivity index (χ4v) is 3.87. The van der Waals surface area contributed by atoms with Gasteiger partial charge in [-0.25, -0.2) is 19.0 Å². The van der Waals surface area contributed by atoms with Crippen molar-refractivity contribution in [2.45, 2.75) is 12.0 Å². The summed E-state index contributed by atoms with van der Waals surface area (Å²) in [6.07, 6.45) is 1.21. The predicted octanol–water partition coefficient (Wildman–Crippen LogP) is 3.98. The third-order valence-electron chi connectivity index (χ3n) is 5.43. The number of halogens is 1. The first-order valence-corrected chi connectivity index (χ1v) is 10.7.